The number of halogens is 3. The predicted molar refractivity (Wildman–Crippen MR) is 263 cm³/mol. The topological polar surface area (TPSA) is 33.5 Å². The molecular formula is C57H57F3N4O. The molecule has 0 saturated carbocycles. The predicted octanol–water partition coefficient (Wildman–Crippen LogP) is 16.7. The molecule has 3 heterocycles. The van der Waals surface area contributed by atoms with Gasteiger partial charge in [-0.25, -0.2) is 4.98 Å². The summed E-state index contributed by atoms with van der Waals surface area (Å²) in [5, 5.41) is 2.28. The van der Waals surface area contributed by atoms with E-state index in [0.717, 1.165) is 89.7 Å². The van der Waals surface area contributed by atoms with E-state index in [1.165, 1.54) is 17.7 Å². The lowest BCUT2D eigenvalue weighted by Crippen LogP contribution is -2.26. The Labute approximate surface area is 381 Å². The summed E-state index contributed by atoms with van der Waals surface area (Å²) in [5.74, 6) is 2.61. The van der Waals surface area contributed by atoms with Gasteiger partial charge in [-0.15, -0.1) is 0 Å². The van der Waals surface area contributed by atoms with Gasteiger partial charge in [0.1, 0.15) is 24.0 Å². The van der Waals surface area contributed by atoms with Gasteiger partial charge in [0.05, 0.1) is 28.0 Å². The van der Waals surface area contributed by atoms with E-state index in [4.69, 9.17) is 9.72 Å². The van der Waals surface area contributed by atoms with Crippen LogP contribution in [0.2, 0.25) is 0 Å². The Balaban J connectivity index is 1.13. The number of rotatable bonds is 8. The van der Waals surface area contributed by atoms with E-state index in [1.807, 2.05) is 6.20 Å². The number of pyridine rings is 1. The minimum Gasteiger partial charge on any atom is -0.457 e. The van der Waals surface area contributed by atoms with Crippen molar-refractivity contribution in [2.24, 2.45) is 0 Å². The lowest BCUT2D eigenvalue weighted by Gasteiger charge is -2.30. The number of hydrogen-bond acceptors (Lipinski definition) is 4. The van der Waals surface area contributed by atoms with Crippen molar-refractivity contribution in [3.63, 3.8) is 0 Å². The zero-order chi connectivity index (χ0) is 46.2. The normalized spacial score (nSPS) is 13.5. The molecule has 332 valence electrons. The van der Waals surface area contributed by atoms with Crippen LogP contribution in [0.25, 0.3) is 38.8 Å². The van der Waals surface area contributed by atoms with E-state index >= 15 is 0 Å². The molecule has 8 aromatic rings. The molecule has 0 bridgehead atoms. The average molecular weight is 871 g/mol. The average Bonchev–Trinajstić information content (AvgIpc) is 3.81. The summed E-state index contributed by atoms with van der Waals surface area (Å²) in [6, 6.07) is 44.1. The van der Waals surface area contributed by atoms with Gasteiger partial charge < -0.3 is 14.5 Å². The minimum absolute atomic E-state index is 0.0379. The number of nitrogens with zero attached hydrogens (tertiary/aromatic N) is 4. The lowest BCUT2D eigenvalue weighted by molar-refractivity contribution is -0.137. The van der Waals surface area contributed by atoms with Crippen molar-refractivity contribution in [2.75, 3.05) is 16.5 Å². The van der Waals surface area contributed by atoms with Crippen LogP contribution in [0, 0.1) is 0 Å². The smallest absolute Gasteiger partial charge is 0.416 e. The van der Waals surface area contributed by atoms with Crippen LogP contribution in [-0.2, 0) is 17.0 Å². The summed E-state index contributed by atoms with van der Waals surface area (Å²) in [5.41, 5.74) is 11.9. The Kier molecular flexibility index (Phi) is 10.9. The van der Waals surface area contributed by atoms with Crippen molar-refractivity contribution in [2.45, 2.75) is 98.1 Å². The summed E-state index contributed by atoms with van der Waals surface area (Å²) in [7, 11) is 0. The Hall–Kier alpha value is -6.54. The molecule has 6 aromatic carbocycles. The SMILES string of the molecule is CC(C)c1cc(-c2ccc(C(F)(F)F)cc2)cc(C(C)C)c1N1CN(c2cc(Oc3ccc4c5ccccc5n(-c5cc(C(C)(C)C)ccn5)c4c3)cc(C(C)(C)C)c2)c2ccccc21. The highest BCUT2D eigenvalue weighted by molar-refractivity contribution is 6.09. The number of fused-ring (bicyclic) bond motifs is 4. The van der Waals surface area contributed by atoms with E-state index in [9.17, 15) is 13.2 Å². The standard InChI is InChI=1S/C57H57F3N4O/c1-35(2)47-27-38(37-19-21-39(22-20-37)57(58,59)60)28-48(36(3)4)54(47)63-34-62(50-17-13-14-18-51(50)63)42-29-41(56(8,9)10)30-44(32-42)65-43-23-24-46-45-15-11-12-16-49(45)64(52(46)33-43)53-31-40(25-26-61-53)55(5,6)7/h11-33,35-36H,34H2,1-10H3. The molecule has 8 heteroatoms. The van der Waals surface area contributed by atoms with Gasteiger partial charge in [0.15, 0.2) is 0 Å². The fraction of sp³-hybridized carbons (Fsp3) is 0.281. The summed E-state index contributed by atoms with van der Waals surface area (Å²) < 4.78 is 49.8. The Morgan fingerprint density at radius 1 is 0.538 bits per heavy atom. The fourth-order valence-electron chi connectivity index (χ4n) is 9.15. The van der Waals surface area contributed by atoms with Crippen molar-refractivity contribution < 1.29 is 17.9 Å². The van der Waals surface area contributed by atoms with Crippen LogP contribution in [0.4, 0.5) is 35.9 Å². The summed E-state index contributed by atoms with van der Waals surface area (Å²) in [6.07, 6.45) is -2.49. The molecule has 1 aliphatic heterocycles. The Morgan fingerprint density at radius 3 is 1.78 bits per heavy atom. The van der Waals surface area contributed by atoms with E-state index in [1.54, 1.807) is 12.1 Å². The number of alkyl halides is 3. The molecule has 0 fully saturated rings. The van der Waals surface area contributed by atoms with E-state index < -0.39 is 11.7 Å². The zero-order valence-electron chi connectivity index (χ0n) is 39.0. The third-order valence-corrected chi connectivity index (χ3v) is 12.8. The first-order valence-electron chi connectivity index (χ1n) is 22.6. The number of aromatic nitrogens is 2. The van der Waals surface area contributed by atoms with Crippen molar-refractivity contribution in [3.05, 3.63) is 167 Å². The van der Waals surface area contributed by atoms with Crippen molar-refractivity contribution in [1.82, 2.24) is 9.55 Å². The fourth-order valence-corrected chi connectivity index (χ4v) is 9.15. The number of ether oxygens (including phenoxy) is 1. The van der Waals surface area contributed by atoms with E-state index in [-0.39, 0.29) is 22.7 Å². The summed E-state index contributed by atoms with van der Waals surface area (Å²) in [4.78, 5) is 9.67. The van der Waals surface area contributed by atoms with Crippen molar-refractivity contribution in [1.29, 1.82) is 0 Å². The first-order valence-corrected chi connectivity index (χ1v) is 22.6. The second-order valence-electron chi connectivity index (χ2n) is 20.1. The van der Waals surface area contributed by atoms with Gasteiger partial charge in [0.25, 0.3) is 0 Å². The third kappa shape index (κ3) is 8.24. The molecule has 5 nitrogen and oxygen atoms in total. The van der Waals surface area contributed by atoms with Crippen molar-refractivity contribution >= 4 is 44.6 Å². The van der Waals surface area contributed by atoms with Crippen molar-refractivity contribution in [3.8, 4) is 28.4 Å². The van der Waals surface area contributed by atoms with E-state index in [0.29, 0.717) is 6.67 Å². The molecule has 9 rings (SSSR count). The summed E-state index contributed by atoms with van der Waals surface area (Å²) in [6.45, 7) is 22.6. The van der Waals surface area contributed by atoms with Gasteiger partial charge in [-0.2, -0.15) is 13.2 Å². The molecule has 0 amide bonds. The van der Waals surface area contributed by atoms with Gasteiger partial charge in [-0.3, -0.25) is 4.57 Å². The molecule has 0 saturated heterocycles. The number of anilines is 4. The maximum Gasteiger partial charge on any atom is 0.416 e. The highest BCUT2D eigenvalue weighted by atomic mass is 19.4. The third-order valence-electron chi connectivity index (χ3n) is 12.8. The molecule has 0 spiro atoms. The van der Waals surface area contributed by atoms with Crippen LogP contribution in [0.1, 0.15) is 109 Å². The quantitative estimate of drug-likeness (QED) is 0.152. The molecule has 0 radical (unpaired) electrons. The second-order valence-corrected chi connectivity index (χ2v) is 20.1. The first-order chi connectivity index (χ1) is 30.8. The van der Waals surface area contributed by atoms with Crippen LogP contribution in [-0.4, -0.2) is 16.2 Å². The molecule has 1 aliphatic rings. The highest BCUT2D eigenvalue weighted by Crippen LogP contribution is 2.50. The molecular weight excluding hydrogens is 814 g/mol. The number of benzene rings is 6. The van der Waals surface area contributed by atoms with Gasteiger partial charge in [0.2, 0.25) is 0 Å². The molecule has 0 atom stereocenters. The van der Waals surface area contributed by atoms with Gasteiger partial charge in [0, 0.05) is 40.5 Å². The Morgan fingerprint density at radius 2 is 1.15 bits per heavy atom. The van der Waals surface area contributed by atoms with Crippen LogP contribution in [0.5, 0.6) is 11.5 Å². The van der Waals surface area contributed by atoms with Gasteiger partial charge in [-0.1, -0.05) is 112 Å². The molecule has 0 unspecified atom stereocenters. The zero-order valence-corrected chi connectivity index (χ0v) is 39.0. The molecule has 0 N–H and O–H groups in total. The van der Waals surface area contributed by atoms with Crippen LogP contribution in [0.15, 0.2) is 140 Å². The van der Waals surface area contributed by atoms with E-state index in [2.05, 4.69) is 193 Å². The lowest BCUT2D eigenvalue weighted by atomic mass is 9.86. The maximum atomic E-state index is 13.5. The number of hydrogen-bond donors (Lipinski definition) is 0. The first kappa shape index (κ1) is 43.7. The largest absolute Gasteiger partial charge is 0.457 e. The minimum atomic E-state index is -4.39. The van der Waals surface area contributed by atoms with Gasteiger partial charge >= 0.3 is 6.18 Å². The highest BCUT2D eigenvalue weighted by Gasteiger charge is 2.34. The van der Waals surface area contributed by atoms with Gasteiger partial charge in [-0.05, 0) is 135 Å². The molecule has 2 aromatic heterocycles. The Bertz CT molecular complexity index is 3050. The maximum absolute atomic E-state index is 13.5. The van der Waals surface area contributed by atoms with Crippen LogP contribution in [0.3, 0.4) is 0 Å². The number of para-hydroxylation sites is 3. The summed E-state index contributed by atoms with van der Waals surface area (Å²) >= 11 is 0. The van der Waals surface area contributed by atoms with Crippen LogP contribution >= 0.6 is 0 Å². The van der Waals surface area contributed by atoms with Crippen LogP contribution < -0.4 is 14.5 Å². The molecule has 0 aliphatic carbocycles. The monoisotopic (exact) mass is 870 g/mol. The second kappa shape index (κ2) is 16.2. The molecule has 65 heavy (non-hydrogen) atoms.